The van der Waals surface area contributed by atoms with Crippen LogP contribution in [0, 0.1) is 5.92 Å². The van der Waals surface area contributed by atoms with Gasteiger partial charge in [-0.25, -0.2) is 18.1 Å². The topological polar surface area (TPSA) is 76.5 Å². The van der Waals surface area contributed by atoms with Gasteiger partial charge in [0.2, 0.25) is 10.0 Å². The second kappa shape index (κ2) is 9.14. The molecule has 2 aromatic rings. The molecule has 3 rings (SSSR count). The van der Waals surface area contributed by atoms with Crippen LogP contribution in [0.2, 0.25) is 0 Å². The van der Waals surface area contributed by atoms with E-state index >= 15 is 0 Å². The average molecular weight is 395 g/mol. The highest BCUT2D eigenvalue weighted by Crippen LogP contribution is 2.14. The SMILES string of the molecule is CC(C)CC(CNS(=O)(=O)CCn1cnc2ccccc21)N1CCOCC1. The molecule has 1 unspecified atom stereocenters. The van der Waals surface area contributed by atoms with Crippen LogP contribution in [0.1, 0.15) is 20.3 Å². The second-order valence-corrected chi connectivity index (χ2v) is 9.45. The van der Waals surface area contributed by atoms with Crippen molar-refractivity contribution in [2.45, 2.75) is 32.9 Å². The van der Waals surface area contributed by atoms with Crippen LogP contribution >= 0.6 is 0 Å². The third kappa shape index (κ3) is 5.75. The van der Waals surface area contributed by atoms with Gasteiger partial charge in [-0.05, 0) is 24.5 Å². The number of sulfonamides is 1. The van der Waals surface area contributed by atoms with Gasteiger partial charge in [-0.15, -0.1) is 0 Å². The number of aromatic nitrogens is 2. The third-order valence-corrected chi connectivity index (χ3v) is 6.30. The molecule has 1 N–H and O–H groups in total. The monoisotopic (exact) mass is 394 g/mol. The maximum Gasteiger partial charge on any atom is 0.213 e. The Morgan fingerprint density at radius 1 is 1.22 bits per heavy atom. The molecule has 1 aliphatic rings. The maximum atomic E-state index is 12.5. The summed E-state index contributed by atoms with van der Waals surface area (Å²) >= 11 is 0. The molecule has 0 spiro atoms. The van der Waals surface area contributed by atoms with E-state index < -0.39 is 10.0 Å². The minimum absolute atomic E-state index is 0.0465. The number of morpholine rings is 1. The Hall–Kier alpha value is -1.48. The smallest absolute Gasteiger partial charge is 0.213 e. The Kier molecular flexibility index (Phi) is 6.86. The first-order valence-corrected chi connectivity index (χ1v) is 11.3. The first kappa shape index (κ1) is 20.3. The lowest BCUT2D eigenvalue weighted by atomic mass is 10.0. The lowest BCUT2D eigenvalue weighted by Crippen LogP contribution is -2.49. The summed E-state index contributed by atoms with van der Waals surface area (Å²) in [5.41, 5.74) is 1.84. The van der Waals surface area contributed by atoms with Gasteiger partial charge in [-0.2, -0.15) is 0 Å². The van der Waals surface area contributed by atoms with Crippen molar-refractivity contribution < 1.29 is 13.2 Å². The zero-order valence-electron chi connectivity index (χ0n) is 16.2. The molecule has 1 aromatic heterocycles. The minimum atomic E-state index is -3.35. The van der Waals surface area contributed by atoms with E-state index in [1.54, 1.807) is 6.33 Å². The number of nitrogens with one attached hydrogen (secondary N) is 1. The van der Waals surface area contributed by atoms with Gasteiger partial charge in [0, 0.05) is 32.2 Å². The molecule has 0 amide bonds. The minimum Gasteiger partial charge on any atom is -0.379 e. The van der Waals surface area contributed by atoms with Gasteiger partial charge in [0.15, 0.2) is 0 Å². The van der Waals surface area contributed by atoms with E-state index in [0.29, 0.717) is 19.0 Å². The Morgan fingerprint density at radius 2 is 1.96 bits per heavy atom. The van der Waals surface area contributed by atoms with Gasteiger partial charge < -0.3 is 9.30 Å². The summed E-state index contributed by atoms with van der Waals surface area (Å²) in [7, 11) is -3.35. The number of hydrogen-bond donors (Lipinski definition) is 1. The Morgan fingerprint density at radius 3 is 2.70 bits per heavy atom. The van der Waals surface area contributed by atoms with E-state index in [1.807, 2.05) is 28.8 Å². The number of imidazole rings is 1. The number of ether oxygens (including phenoxy) is 1. The van der Waals surface area contributed by atoms with E-state index in [4.69, 9.17) is 4.74 Å². The van der Waals surface area contributed by atoms with Crippen molar-refractivity contribution in [2.24, 2.45) is 5.92 Å². The van der Waals surface area contributed by atoms with Crippen LogP contribution in [-0.4, -0.2) is 67.5 Å². The summed E-state index contributed by atoms with van der Waals surface area (Å²) in [5.74, 6) is 0.560. The van der Waals surface area contributed by atoms with Crippen LogP contribution in [0.4, 0.5) is 0 Å². The first-order chi connectivity index (χ1) is 12.9. The van der Waals surface area contributed by atoms with Gasteiger partial charge >= 0.3 is 0 Å². The van der Waals surface area contributed by atoms with Crippen molar-refractivity contribution in [3.63, 3.8) is 0 Å². The van der Waals surface area contributed by atoms with Gasteiger partial charge in [0.05, 0.1) is 36.3 Å². The Bertz CT molecular complexity index is 828. The normalized spacial score (nSPS) is 17.6. The average Bonchev–Trinajstić information content (AvgIpc) is 3.07. The number of hydrogen-bond acceptors (Lipinski definition) is 5. The molecular weight excluding hydrogens is 364 g/mol. The highest BCUT2D eigenvalue weighted by Gasteiger charge is 2.23. The fourth-order valence-electron chi connectivity index (χ4n) is 3.55. The molecule has 1 fully saturated rings. The zero-order chi connectivity index (χ0) is 19.3. The molecule has 7 nitrogen and oxygen atoms in total. The van der Waals surface area contributed by atoms with Gasteiger partial charge in [0.25, 0.3) is 0 Å². The summed E-state index contributed by atoms with van der Waals surface area (Å²) in [6.07, 6.45) is 2.67. The maximum absolute atomic E-state index is 12.5. The molecule has 1 aliphatic heterocycles. The van der Waals surface area contributed by atoms with Crippen LogP contribution in [0.25, 0.3) is 11.0 Å². The Balaban J connectivity index is 1.57. The molecule has 150 valence electrons. The van der Waals surface area contributed by atoms with Crippen LogP contribution in [0.15, 0.2) is 30.6 Å². The highest BCUT2D eigenvalue weighted by molar-refractivity contribution is 7.89. The molecular formula is C19H30N4O3S. The predicted molar refractivity (Wildman–Crippen MR) is 107 cm³/mol. The van der Waals surface area contributed by atoms with E-state index in [1.165, 1.54) is 0 Å². The van der Waals surface area contributed by atoms with E-state index in [-0.39, 0.29) is 11.8 Å². The highest BCUT2D eigenvalue weighted by atomic mass is 32.2. The third-order valence-electron chi connectivity index (χ3n) is 4.97. The molecule has 1 aromatic carbocycles. The van der Waals surface area contributed by atoms with Gasteiger partial charge in [-0.1, -0.05) is 26.0 Å². The molecule has 8 heteroatoms. The van der Waals surface area contributed by atoms with Crippen LogP contribution in [0.5, 0.6) is 0 Å². The lowest BCUT2D eigenvalue weighted by molar-refractivity contribution is 0.0134. The van der Waals surface area contributed by atoms with Crippen LogP contribution < -0.4 is 4.72 Å². The Labute approximate surface area is 161 Å². The number of benzene rings is 1. The molecule has 0 aliphatic carbocycles. The standard InChI is InChI=1S/C19H30N4O3S/c1-16(2)13-17(22-7-10-26-11-8-22)14-21-27(24,25)12-9-23-15-20-18-5-3-4-6-19(18)23/h3-6,15-17,21H,7-14H2,1-2H3. The van der Waals surface area contributed by atoms with Crippen molar-refractivity contribution in [1.29, 1.82) is 0 Å². The largest absolute Gasteiger partial charge is 0.379 e. The number of fused-ring (bicyclic) bond motifs is 1. The van der Waals surface area contributed by atoms with Crippen molar-refractivity contribution in [3.8, 4) is 0 Å². The molecule has 2 heterocycles. The number of para-hydroxylation sites is 2. The van der Waals surface area contributed by atoms with E-state index in [9.17, 15) is 8.42 Å². The fraction of sp³-hybridized carbons (Fsp3) is 0.632. The van der Waals surface area contributed by atoms with E-state index in [0.717, 1.165) is 43.8 Å². The predicted octanol–water partition coefficient (Wildman–Crippen LogP) is 1.70. The lowest BCUT2D eigenvalue weighted by Gasteiger charge is -2.35. The van der Waals surface area contributed by atoms with Crippen molar-refractivity contribution in [1.82, 2.24) is 19.2 Å². The van der Waals surface area contributed by atoms with E-state index in [2.05, 4.69) is 28.5 Å². The molecule has 0 saturated carbocycles. The number of rotatable bonds is 9. The van der Waals surface area contributed by atoms with Crippen molar-refractivity contribution >= 4 is 21.1 Å². The quantitative estimate of drug-likeness (QED) is 0.701. The fourth-order valence-corrected chi connectivity index (χ4v) is 4.58. The summed E-state index contributed by atoms with van der Waals surface area (Å²) in [4.78, 5) is 6.66. The summed E-state index contributed by atoms with van der Waals surface area (Å²) in [5, 5.41) is 0. The summed E-state index contributed by atoms with van der Waals surface area (Å²) in [6, 6.07) is 7.96. The van der Waals surface area contributed by atoms with Crippen LogP contribution in [0.3, 0.4) is 0 Å². The summed E-state index contributed by atoms with van der Waals surface area (Å²) in [6.45, 7) is 8.34. The van der Waals surface area contributed by atoms with Crippen molar-refractivity contribution in [2.75, 3.05) is 38.6 Å². The number of nitrogens with zero attached hydrogens (tertiary/aromatic N) is 3. The van der Waals surface area contributed by atoms with Gasteiger partial charge in [0.1, 0.15) is 0 Å². The molecule has 0 bridgehead atoms. The molecule has 27 heavy (non-hydrogen) atoms. The molecule has 0 radical (unpaired) electrons. The van der Waals surface area contributed by atoms with Crippen molar-refractivity contribution in [3.05, 3.63) is 30.6 Å². The molecule has 1 atom stereocenters. The first-order valence-electron chi connectivity index (χ1n) is 9.63. The second-order valence-electron chi connectivity index (χ2n) is 7.53. The zero-order valence-corrected chi connectivity index (χ0v) is 17.0. The molecule has 1 saturated heterocycles. The van der Waals surface area contributed by atoms with Gasteiger partial charge in [-0.3, -0.25) is 4.90 Å². The van der Waals surface area contributed by atoms with Crippen LogP contribution in [-0.2, 0) is 21.3 Å². The number of aryl methyl sites for hydroxylation is 1. The summed E-state index contributed by atoms with van der Waals surface area (Å²) < 4.78 is 35.2.